The van der Waals surface area contributed by atoms with Crippen molar-refractivity contribution in [2.75, 3.05) is 29.1 Å². The number of amides is 1. The number of fused-ring (bicyclic) bond motifs is 1. The Balaban J connectivity index is 1.55. The summed E-state index contributed by atoms with van der Waals surface area (Å²) in [5, 5.41) is 0.351. The van der Waals surface area contributed by atoms with Gasteiger partial charge in [0.15, 0.2) is 0 Å². The molecule has 4 rings (SSSR count). The van der Waals surface area contributed by atoms with Gasteiger partial charge in [-0.1, -0.05) is 23.7 Å². The Kier molecular flexibility index (Phi) is 6.51. The molecule has 0 aromatic heterocycles. The minimum Gasteiger partial charge on any atom is -0.311 e. The first-order chi connectivity index (χ1) is 15.3. The van der Waals surface area contributed by atoms with Gasteiger partial charge in [-0.25, -0.2) is 8.42 Å². The molecule has 0 unspecified atom stereocenters. The normalized spacial score (nSPS) is 13.3. The molecule has 0 N–H and O–H groups in total. The zero-order valence-electron chi connectivity index (χ0n) is 17.8. The van der Waals surface area contributed by atoms with Crippen LogP contribution in [-0.4, -0.2) is 34.2 Å². The van der Waals surface area contributed by atoms with Crippen LogP contribution in [0.5, 0.6) is 0 Å². The molecule has 0 spiro atoms. The highest BCUT2D eigenvalue weighted by molar-refractivity contribution is 7.99. The van der Waals surface area contributed by atoms with Crippen LogP contribution in [0.1, 0.15) is 22.3 Å². The monoisotopic (exact) mass is 486 g/mol. The van der Waals surface area contributed by atoms with E-state index >= 15 is 0 Å². The van der Waals surface area contributed by atoms with Crippen molar-refractivity contribution >= 4 is 50.7 Å². The molecule has 3 aromatic rings. The van der Waals surface area contributed by atoms with Gasteiger partial charge in [0.2, 0.25) is 0 Å². The first kappa shape index (κ1) is 22.7. The fraction of sp³-hybridized carbons (Fsp3) is 0.208. The van der Waals surface area contributed by atoms with Crippen molar-refractivity contribution in [3.05, 3.63) is 82.9 Å². The van der Waals surface area contributed by atoms with Crippen molar-refractivity contribution in [2.45, 2.75) is 22.6 Å². The maximum Gasteiger partial charge on any atom is 0.264 e. The van der Waals surface area contributed by atoms with Gasteiger partial charge in [0.1, 0.15) is 0 Å². The molecular formula is C24H23ClN2O3S2. The minimum absolute atomic E-state index is 0.121. The van der Waals surface area contributed by atoms with E-state index in [4.69, 9.17) is 11.6 Å². The Morgan fingerprint density at radius 1 is 1.00 bits per heavy atom. The fourth-order valence-electron chi connectivity index (χ4n) is 3.64. The summed E-state index contributed by atoms with van der Waals surface area (Å²) in [5.74, 6) is 0.980. The van der Waals surface area contributed by atoms with Crippen molar-refractivity contribution in [1.82, 2.24) is 0 Å². The van der Waals surface area contributed by atoms with Crippen LogP contribution < -0.4 is 9.21 Å². The third-order valence-corrected chi connectivity index (χ3v) is 8.84. The molecule has 32 heavy (non-hydrogen) atoms. The van der Waals surface area contributed by atoms with E-state index in [9.17, 15) is 13.2 Å². The molecule has 5 nitrogen and oxygen atoms in total. The zero-order chi connectivity index (χ0) is 22.9. The Morgan fingerprint density at radius 3 is 2.44 bits per heavy atom. The zero-order valence-corrected chi connectivity index (χ0v) is 20.2. The van der Waals surface area contributed by atoms with Gasteiger partial charge in [-0.3, -0.25) is 9.10 Å². The standard InChI is InChI=1S/C24H23ClN2O3S2/c1-26(24(28)18-9-14-23-17(16-18)6-5-15-31-23)19-10-12-20(13-11-19)32(29,30)27(2)22-8-4-3-7-21(22)25/h3-4,7-14,16H,5-6,15H2,1-2H3. The summed E-state index contributed by atoms with van der Waals surface area (Å²) >= 11 is 7.99. The second-order valence-electron chi connectivity index (χ2n) is 7.56. The van der Waals surface area contributed by atoms with E-state index in [1.165, 1.54) is 34.5 Å². The van der Waals surface area contributed by atoms with Crippen LogP contribution in [-0.2, 0) is 16.4 Å². The average molecular weight is 487 g/mol. The van der Waals surface area contributed by atoms with Crippen LogP contribution in [0.2, 0.25) is 5.02 Å². The third kappa shape index (κ3) is 4.37. The van der Waals surface area contributed by atoms with Crippen LogP contribution in [0.15, 0.2) is 76.5 Å². The van der Waals surface area contributed by atoms with Crippen LogP contribution in [0.25, 0.3) is 0 Å². The van der Waals surface area contributed by atoms with Crippen LogP contribution in [0.4, 0.5) is 11.4 Å². The van der Waals surface area contributed by atoms with Gasteiger partial charge in [-0.05, 0) is 78.8 Å². The van der Waals surface area contributed by atoms with E-state index in [0.717, 1.165) is 22.9 Å². The van der Waals surface area contributed by atoms with E-state index in [1.54, 1.807) is 43.4 Å². The summed E-state index contributed by atoms with van der Waals surface area (Å²) in [6.45, 7) is 0. The van der Waals surface area contributed by atoms with Gasteiger partial charge < -0.3 is 4.90 Å². The number of halogens is 1. The van der Waals surface area contributed by atoms with Crippen molar-refractivity contribution in [2.24, 2.45) is 0 Å². The summed E-state index contributed by atoms with van der Waals surface area (Å²) in [7, 11) is -0.639. The maximum atomic E-state index is 13.0. The smallest absolute Gasteiger partial charge is 0.264 e. The van der Waals surface area contributed by atoms with E-state index in [-0.39, 0.29) is 10.8 Å². The van der Waals surface area contributed by atoms with E-state index in [1.807, 2.05) is 30.0 Å². The SMILES string of the molecule is CN(C(=O)c1ccc2c(c1)CCCS2)c1ccc(S(=O)(=O)N(C)c2ccccc2Cl)cc1. The lowest BCUT2D eigenvalue weighted by Crippen LogP contribution is -2.28. The molecule has 3 aromatic carbocycles. The predicted molar refractivity (Wildman–Crippen MR) is 132 cm³/mol. The molecule has 0 atom stereocenters. The molecule has 8 heteroatoms. The summed E-state index contributed by atoms with van der Waals surface area (Å²) in [4.78, 5) is 15.9. The topological polar surface area (TPSA) is 57.7 Å². The number of benzene rings is 3. The largest absolute Gasteiger partial charge is 0.311 e. The van der Waals surface area contributed by atoms with Crippen molar-refractivity contribution in [3.8, 4) is 0 Å². The molecule has 1 aliphatic heterocycles. The summed E-state index contributed by atoms with van der Waals surface area (Å²) in [6, 6.07) is 18.9. The Morgan fingerprint density at radius 2 is 1.72 bits per heavy atom. The van der Waals surface area contributed by atoms with Gasteiger partial charge in [0, 0.05) is 30.2 Å². The fourth-order valence-corrected chi connectivity index (χ4v) is 6.19. The molecule has 1 heterocycles. The molecule has 0 radical (unpaired) electrons. The lowest BCUT2D eigenvalue weighted by atomic mass is 10.1. The molecule has 1 amide bonds. The first-order valence-electron chi connectivity index (χ1n) is 10.2. The minimum atomic E-state index is -3.80. The number of hydrogen-bond acceptors (Lipinski definition) is 4. The molecule has 1 aliphatic rings. The van der Waals surface area contributed by atoms with Crippen LogP contribution in [0.3, 0.4) is 0 Å². The lowest BCUT2D eigenvalue weighted by Gasteiger charge is -2.22. The number of hydrogen-bond donors (Lipinski definition) is 0. The van der Waals surface area contributed by atoms with Crippen LogP contribution in [0, 0.1) is 0 Å². The van der Waals surface area contributed by atoms with E-state index in [0.29, 0.717) is 22.0 Å². The van der Waals surface area contributed by atoms with Gasteiger partial charge in [-0.2, -0.15) is 0 Å². The highest BCUT2D eigenvalue weighted by Crippen LogP contribution is 2.32. The second-order valence-corrected chi connectivity index (χ2v) is 11.1. The Bertz CT molecular complexity index is 1260. The van der Waals surface area contributed by atoms with Gasteiger partial charge in [-0.15, -0.1) is 11.8 Å². The van der Waals surface area contributed by atoms with Gasteiger partial charge in [0.25, 0.3) is 15.9 Å². The lowest BCUT2D eigenvalue weighted by molar-refractivity contribution is 0.0993. The molecule has 0 saturated carbocycles. The van der Waals surface area contributed by atoms with Gasteiger partial charge in [0.05, 0.1) is 15.6 Å². The number of anilines is 2. The average Bonchev–Trinajstić information content (AvgIpc) is 2.82. The number of carbonyl (C=O) groups is 1. The number of para-hydroxylation sites is 1. The first-order valence-corrected chi connectivity index (χ1v) is 13.0. The molecule has 0 saturated heterocycles. The predicted octanol–water partition coefficient (Wildman–Crippen LogP) is 5.48. The van der Waals surface area contributed by atoms with E-state index in [2.05, 4.69) is 0 Å². The number of rotatable bonds is 5. The molecular weight excluding hydrogens is 464 g/mol. The molecule has 0 fully saturated rings. The number of nitrogens with zero attached hydrogens (tertiary/aromatic N) is 2. The second kappa shape index (κ2) is 9.17. The molecule has 0 bridgehead atoms. The maximum absolute atomic E-state index is 13.0. The molecule has 166 valence electrons. The summed E-state index contributed by atoms with van der Waals surface area (Å²) in [6.07, 6.45) is 2.10. The van der Waals surface area contributed by atoms with Crippen molar-refractivity contribution < 1.29 is 13.2 Å². The van der Waals surface area contributed by atoms with Crippen LogP contribution >= 0.6 is 23.4 Å². The summed E-state index contributed by atoms with van der Waals surface area (Å²) < 4.78 is 27.2. The van der Waals surface area contributed by atoms with Crippen molar-refractivity contribution in [1.29, 1.82) is 0 Å². The highest BCUT2D eigenvalue weighted by Gasteiger charge is 2.24. The number of sulfonamides is 1. The Hall–Kier alpha value is -2.48. The Labute approximate surface area is 198 Å². The highest BCUT2D eigenvalue weighted by atomic mass is 35.5. The third-order valence-electron chi connectivity index (χ3n) is 5.53. The van der Waals surface area contributed by atoms with E-state index < -0.39 is 10.0 Å². The molecule has 0 aliphatic carbocycles. The van der Waals surface area contributed by atoms with Gasteiger partial charge >= 0.3 is 0 Å². The van der Waals surface area contributed by atoms with Crippen molar-refractivity contribution in [3.63, 3.8) is 0 Å². The number of aryl methyl sites for hydroxylation is 1. The summed E-state index contributed by atoms with van der Waals surface area (Å²) in [5.41, 5.74) is 2.85. The number of carbonyl (C=O) groups excluding carboxylic acids is 1. The number of thioether (sulfide) groups is 1. The quantitative estimate of drug-likeness (QED) is 0.479.